The van der Waals surface area contributed by atoms with Gasteiger partial charge in [0.2, 0.25) is 6.79 Å². The number of carboxylic acids is 1. The van der Waals surface area contributed by atoms with Crippen molar-refractivity contribution in [3.05, 3.63) is 53.9 Å². The summed E-state index contributed by atoms with van der Waals surface area (Å²) in [6.45, 7) is 0.790. The fraction of sp³-hybridized carbons (Fsp3) is 0.190. The van der Waals surface area contributed by atoms with Gasteiger partial charge in [0, 0.05) is 23.1 Å². The van der Waals surface area contributed by atoms with Gasteiger partial charge >= 0.3 is 5.97 Å². The molecule has 0 saturated carbocycles. The van der Waals surface area contributed by atoms with E-state index in [4.69, 9.17) is 14.6 Å². The molecule has 5 rings (SSSR count). The Morgan fingerprint density at radius 1 is 1.14 bits per heavy atom. The largest absolute Gasteiger partial charge is 0.481 e. The number of aliphatic carboxylic acids is 1. The van der Waals surface area contributed by atoms with Gasteiger partial charge in [0.25, 0.3) is 0 Å². The van der Waals surface area contributed by atoms with Crippen molar-refractivity contribution in [1.82, 2.24) is 9.97 Å². The van der Waals surface area contributed by atoms with Crippen LogP contribution in [0.25, 0.3) is 20.3 Å². The van der Waals surface area contributed by atoms with Crippen molar-refractivity contribution >= 4 is 43.4 Å². The van der Waals surface area contributed by atoms with Gasteiger partial charge in [0.1, 0.15) is 16.5 Å². The maximum atomic E-state index is 11.0. The number of aryl methyl sites for hydroxylation is 1. The lowest BCUT2D eigenvalue weighted by Crippen LogP contribution is -2.07. The molecule has 1 aliphatic heterocycles. The maximum absolute atomic E-state index is 11.0. The summed E-state index contributed by atoms with van der Waals surface area (Å²) in [6, 6.07) is 13.9. The summed E-state index contributed by atoms with van der Waals surface area (Å²) in [5.41, 5.74) is 1.03. The molecule has 0 amide bonds. The van der Waals surface area contributed by atoms with E-state index in [9.17, 15) is 4.79 Å². The third kappa shape index (κ3) is 3.42. The number of hydrogen-bond acceptors (Lipinski definition) is 7. The van der Waals surface area contributed by atoms with Crippen LogP contribution >= 0.6 is 11.3 Å². The highest BCUT2D eigenvalue weighted by molar-refractivity contribution is 7.25. The van der Waals surface area contributed by atoms with Crippen LogP contribution in [0.15, 0.2) is 42.5 Å². The second-order valence-corrected chi connectivity index (χ2v) is 7.73. The lowest BCUT2D eigenvalue weighted by Gasteiger charge is -2.10. The molecule has 146 valence electrons. The lowest BCUT2D eigenvalue weighted by molar-refractivity contribution is -0.137. The number of ether oxygens (including phenoxy) is 2. The van der Waals surface area contributed by atoms with Gasteiger partial charge in [-0.25, -0.2) is 9.97 Å². The molecule has 7 nitrogen and oxygen atoms in total. The summed E-state index contributed by atoms with van der Waals surface area (Å²) >= 11 is 1.59. The number of nitrogens with zero attached hydrogens (tertiary/aromatic N) is 2. The first-order valence-corrected chi connectivity index (χ1v) is 10.0. The Morgan fingerprint density at radius 2 is 2.00 bits per heavy atom. The van der Waals surface area contributed by atoms with E-state index in [0.29, 0.717) is 18.2 Å². The van der Waals surface area contributed by atoms with E-state index < -0.39 is 5.97 Å². The van der Waals surface area contributed by atoms with Crippen molar-refractivity contribution in [2.24, 2.45) is 0 Å². The van der Waals surface area contributed by atoms with E-state index in [0.717, 1.165) is 37.4 Å². The monoisotopic (exact) mass is 407 g/mol. The van der Waals surface area contributed by atoms with Crippen molar-refractivity contribution < 1.29 is 19.4 Å². The minimum Gasteiger partial charge on any atom is -0.481 e. The van der Waals surface area contributed by atoms with Crippen LogP contribution in [0, 0.1) is 0 Å². The molecule has 3 heterocycles. The third-order valence-corrected chi connectivity index (χ3v) is 5.81. The first-order chi connectivity index (χ1) is 14.2. The van der Waals surface area contributed by atoms with Crippen molar-refractivity contribution in [2.75, 3.05) is 12.1 Å². The number of carbonyl (C=O) groups is 1. The van der Waals surface area contributed by atoms with Gasteiger partial charge in [-0.05, 0) is 23.8 Å². The van der Waals surface area contributed by atoms with Gasteiger partial charge in [0.15, 0.2) is 11.5 Å². The van der Waals surface area contributed by atoms with Gasteiger partial charge in [-0.15, -0.1) is 11.3 Å². The molecular formula is C21H17N3O4S. The fourth-order valence-electron chi connectivity index (χ4n) is 3.36. The zero-order valence-corrected chi connectivity index (χ0v) is 16.2. The van der Waals surface area contributed by atoms with E-state index in [1.807, 2.05) is 30.3 Å². The number of nitrogens with one attached hydrogen (secondary N) is 1. The molecule has 0 aliphatic carbocycles. The SMILES string of the molecule is O=C(O)CCc1nc(NCc2ccc3c(c2)OCO3)c2c(n1)sc1ccccc12. The molecule has 2 aromatic carbocycles. The first kappa shape index (κ1) is 17.7. The number of aromatic nitrogens is 2. The summed E-state index contributed by atoms with van der Waals surface area (Å²) in [5, 5.41) is 14.5. The topological polar surface area (TPSA) is 93.6 Å². The average molecular weight is 407 g/mol. The molecule has 0 spiro atoms. The quantitative estimate of drug-likeness (QED) is 0.495. The number of hydrogen-bond donors (Lipinski definition) is 2. The van der Waals surface area contributed by atoms with Crippen LogP contribution in [0.3, 0.4) is 0 Å². The molecule has 0 unspecified atom stereocenters. The standard InChI is InChI=1S/C21H17N3O4S/c25-18(26)8-7-17-23-20(19-13-3-1-2-4-16(13)29-21(19)24-17)22-10-12-5-6-14-15(9-12)28-11-27-14/h1-6,9H,7-8,10-11H2,(H,25,26)(H,22,23,24). The molecule has 0 atom stereocenters. The predicted molar refractivity (Wildman–Crippen MR) is 111 cm³/mol. The Kier molecular flexibility index (Phi) is 4.40. The Balaban J connectivity index is 1.52. The highest BCUT2D eigenvalue weighted by atomic mass is 32.1. The second-order valence-electron chi connectivity index (χ2n) is 6.70. The summed E-state index contributed by atoms with van der Waals surface area (Å²) in [5.74, 6) is 1.86. The molecule has 0 fully saturated rings. The van der Waals surface area contributed by atoms with Crippen LogP contribution in [-0.4, -0.2) is 27.8 Å². The van der Waals surface area contributed by atoms with Crippen molar-refractivity contribution in [1.29, 1.82) is 0 Å². The van der Waals surface area contributed by atoms with Crippen molar-refractivity contribution in [3.8, 4) is 11.5 Å². The summed E-state index contributed by atoms with van der Waals surface area (Å²) in [4.78, 5) is 21.1. The molecule has 2 N–H and O–H groups in total. The van der Waals surface area contributed by atoms with Gasteiger partial charge in [-0.1, -0.05) is 24.3 Å². The molecule has 0 saturated heterocycles. The van der Waals surface area contributed by atoms with E-state index in [1.165, 1.54) is 0 Å². The fourth-order valence-corrected chi connectivity index (χ4v) is 4.46. The number of fused-ring (bicyclic) bond motifs is 4. The summed E-state index contributed by atoms with van der Waals surface area (Å²) in [6.07, 6.45) is 0.288. The smallest absolute Gasteiger partial charge is 0.303 e. The second kappa shape index (κ2) is 7.21. The zero-order chi connectivity index (χ0) is 19.8. The van der Waals surface area contributed by atoms with E-state index in [1.54, 1.807) is 11.3 Å². The number of carboxylic acid groups (broad SMARTS) is 1. The highest BCUT2D eigenvalue weighted by Gasteiger charge is 2.16. The molecule has 1 aliphatic rings. The van der Waals surface area contributed by atoms with Crippen LogP contribution in [-0.2, 0) is 17.8 Å². The van der Waals surface area contributed by atoms with E-state index in [-0.39, 0.29) is 19.6 Å². The highest BCUT2D eigenvalue weighted by Crippen LogP contribution is 2.37. The normalized spacial score (nSPS) is 12.6. The van der Waals surface area contributed by atoms with Gasteiger partial charge in [0.05, 0.1) is 11.8 Å². The molecule has 4 aromatic rings. The van der Waals surface area contributed by atoms with Crippen molar-refractivity contribution in [3.63, 3.8) is 0 Å². The van der Waals surface area contributed by atoms with E-state index >= 15 is 0 Å². The number of anilines is 1. The molecule has 8 heteroatoms. The minimum atomic E-state index is -0.861. The molecule has 2 aromatic heterocycles. The van der Waals surface area contributed by atoms with Gasteiger partial charge < -0.3 is 19.9 Å². The molecule has 0 bridgehead atoms. The Bertz CT molecular complexity index is 1240. The Morgan fingerprint density at radius 3 is 2.90 bits per heavy atom. The number of thiophene rings is 1. The summed E-state index contributed by atoms with van der Waals surface area (Å²) in [7, 11) is 0. The maximum Gasteiger partial charge on any atom is 0.303 e. The van der Waals surface area contributed by atoms with Gasteiger partial charge in [-0.3, -0.25) is 4.79 Å². The van der Waals surface area contributed by atoms with Crippen LogP contribution in [0.1, 0.15) is 17.8 Å². The third-order valence-electron chi connectivity index (χ3n) is 4.74. The Labute approximate surface area is 169 Å². The lowest BCUT2D eigenvalue weighted by atomic mass is 10.1. The molecular weight excluding hydrogens is 390 g/mol. The van der Waals surface area contributed by atoms with Crippen LogP contribution in [0.2, 0.25) is 0 Å². The van der Waals surface area contributed by atoms with Crippen molar-refractivity contribution in [2.45, 2.75) is 19.4 Å². The van der Waals surface area contributed by atoms with Crippen LogP contribution < -0.4 is 14.8 Å². The van der Waals surface area contributed by atoms with E-state index in [2.05, 4.69) is 27.4 Å². The summed E-state index contributed by atoms with van der Waals surface area (Å²) < 4.78 is 11.9. The van der Waals surface area contributed by atoms with Crippen LogP contribution in [0.5, 0.6) is 11.5 Å². The van der Waals surface area contributed by atoms with Crippen LogP contribution in [0.4, 0.5) is 5.82 Å². The minimum absolute atomic E-state index is 0.00198. The predicted octanol–water partition coefficient (Wildman–Crippen LogP) is 4.20. The number of rotatable bonds is 6. The zero-order valence-electron chi connectivity index (χ0n) is 15.3. The first-order valence-electron chi connectivity index (χ1n) is 9.20. The Hall–Kier alpha value is -3.39. The van der Waals surface area contributed by atoms with Gasteiger partial charge in [-0.2, -0.15) is 0 Å². The molecule has 29 heavy (non-hydrogen) atoms. The average Bonchev–Trinajstić information content (AvgIpc) is 3.34. The number of benzene rings is 2. The molecule has 0 radical (unpaired) electrons.